The number of thiazole rings is 2. The molecule has 2 amide bonds. The fourth-order valence-electron chi connectivity index (χ4n) is 2.22. The fraction of sp³-hybridized carbons (Fsp3) is 0.222. The van der Waals surface area contributed by atoms with E-state index in [1.165, 1.54) is 22.7 Å². The molecule has 0 saturated carbocycles. The van der Waals surface area contributed by atoms with Crippen LogP contribution < -0.4 is 20.7 Å². The van der Waals surface area contributed by atoms with Crippen molar-refractivity contribution in [3.63, 3.8) is 0 Å². The number of carbonyl (C=O) groups is 2. The van der Waals surface area contributed by atoms with E-state index in [9.17, 15) is 9.59 Å². The molecular formula is C18H19N5O3S2. The summed E-state index contributed by atoms with van der Waals surface area (Å²) in [6, 6.07) is 7.50. The summed E-state index contributed by atoms with van der Waals surface area (Å²) in [5, 5.41) is 12.8. The highest BCUT2D eigenvalue weighted by Gasteiger charge is 2.14. The van der Waals surface area contributed by atoms with E-state index >= 15 is 0 Å². The lowest BCUT2D eigenvalue weighted by Crippen LogP contribution is -2.20. The molecule has 0 fully saturated rings. The molecule has 0 atom stereocenters. The van der Waals surface area contributed by atoms with E-state index < -0.39 is 0 Å². The van der Waals surface area contributed by atoms with Gasteiger partial charge in [-0.05, 0) is 31.2 Å². The number of nitrogens with one attached hydrogen (secondary N) is 3. The average molecular weight is 418 g/mol. The minimum absolute atomic E-state index is 0.132. The maximum atomic E-state index is 12.4. The topological polar surface area (TPSA) is 105 Å². The molecule has 0 aliphatic heterocycles. The van der Waals surface area contributed by atoms with Crippen molar-refractivity contribution in [2.45, 2.75) is 13.3 Å². The first-order valence-corrected chi connectivity index (χ1v) is 10.2. The molecule has 0 unspecified atom stereocenters. The van der Waals surface area contributed by atoms with E-state index in [1.807, 2.05) is 31.2 Å². The van der Waals surface area contributed by atoms with Gasteiger partial charge in [0.1, 0.15) is 11.4 Å². The van der Waals surface area contributed by atoms with Gasteiger partial charge in [0.25, 0.3) is 5.91 Å². The number of rotatable bonds is 8. The van der Waals surface area contributed by atoms with Gasteiger partial charge in [-0.15, -0.1) is 22.7 Å². The second-order valence-electron chi connectivity index (χ2n) is 5.57. The quantitative estimate of drug-likeness (QED) is 0.519. The molecule has 2 heterocycles. The molecule has 0 radical (unpaired) electrons. The van der Waals surface area contributed by atoms with Crippen molar-refractivity contribution in [2.24, 2.45) is 0 Å². The summed E-state index contributed by atoms with van der Waals surface area (Å²) in [5.74, 6) is 0.316. The molecule has 3 aromatic rings. The standard InChI is InChI=1S/C18H19N5O3S2/c1-3-26-13-6-4-11(5-7-13)20-17-22-14(10-28-17)16(25)23-18-21-12(9-27-18)8-15(24)19-2/h4-7,9-10H,3,8H2,1-2H3,(H,19,24)(H,20,22)(H,21,23,25). The van der Waals surface area contributed by atoms with Gasteiger partial charge < -0.3 is 15.4 Å². The first-order chi connectivity index (χ1) is 13.6. The van der Waals surface area contributed by atoms with Gasteiger partial charge in [0.05, 0.1) is 18.7 Å². The van der Waals surface area contributed by atoms with Crippen LogP contribution in [0.4, 0.5) is 16.0 Å². The Kier molecular flexibility index (Phi) is 6.56. The average Bonchev–Trinajstić information content (AvgIpc) is 3.33. The van der Waals surface area contributed by atoms with Crippen molar-refractivity contribution in [3.05, 3.63) is 46.4 Å². The maximum absolute atomic E-state index is 12.4. The lowest BCUT2D eigenvalue weighted by Gasteiger charge is -2.05. The number of benzene rings is 1. The molecule has 2 aromatic heterocycles. The molecule has 0 aliphatic rings. The number of ether oxygens (including phenoxy) is 1. The first kappa shape index (κ1) is 19.8. The minimum atomic E-state index is -0.350. The van der Waals surface area contributed by atoms with Gasteiger partial charge in [0, 0.05) is 23.5 Å². The first-order valence-electron chi connectivity index (χ1n) is 8.49. The summed E-state index contributed by atoms with van der Waals surface area (Å²) in [6.45, 7) is 2.55. The zero-order valence-electron chi connectivity index (χ0n) is 15.3. The Balaban J connectivity index is 1.58. The van der Waals surface area contributed by atoms with Crippen molar-refractivity contribution < 1.29 is 14.3 Å². The third-order valence-electron chi connectivity index (χ3n) is 3.55. The summed E-state index contributed by atoms with van der Waals surface area (Å²) < 4.78 is 5.41. The van der Waals surface area contributed by atoms with E-state index in [4.69, 9.17) is 4.74 Å². The van der Waals surface area contributed by atoms with Crippen LogP contribution in [0.1, 0.15) is 23.1 Å². The van der Waals surface area contributed by atoms with E-state index in [0.29, 0.717) is 28.3 Å². The second kappa shape index (κ2) is 9.29. The molecule has 0 aliphatic carbocycles. The zero-order valence-corrected chi connectivity index (χ0v) is 16.9. The molecule has 0 saturated heterocycles. The van der Waals surface area contributed by atoms with Crippen LogP contribution in [0.25, 0.3) is 0 Å². The van der Waals surface area contributed by atoms with Gasteiger partial charge in [0.15, 0.2) is 10.3 Å². The third kappa shape index (κ3) is 5.27. The van der Waals surface area contributed by atoms with Crippen LogP contribution in [0.15, 0.2) is 35.0 Å². The fourth-order valence-corrected chi connectivity index (χ4v) is 3.64. The third-order valence-corrected chi connectivity index (χ3v) is 5.11. The van der Waals surface area contributed by atoms with Crippen molar-refractivity contribution >= 4 is 50.4 Å². The van der Waals surface area contributed by atoms with E-state index in [1.54, 1.807) is 17.8 Å². The molecule has 146 valence electrons. The molecule has 3 rings (SSSR count). The van der Waals surface area contributed by atoms with Gasteiger partial charge >= 0.3 is 0 Å². The Bertz CT molecular complexity index is 952. The highest BCUT2D eigenvalue weighted by molar-refractivity contribution is 7.14. The van der Waals surface area contributed by atoms with Crippen LogP contribution in [-0.4, -0.2) is 35.4 Å². The lowest BCUT2D eigenvalue weighted by atomic mass is 10.3. The smallest absolute Gasteiger partial charge is 0.276 e. The number of nitrogens with zero attached hydrogens (tertiary/aromatic N) is 2. The van der Waals surface area contributed by atoms with Crippen LogP contribution in [0.5, 0.6) is 5.75 Å². The highest BCUT2D eigenvalue weighted by Crippen LogP contribution is 2.24. The number of carbonyl (C=O) groups excluding carboxylic acids is 2. The Morgan fingerprint density at radius 1 is 1.07 bits per heavy atom. The van der Waals surface area contributed by atoms with Gasteiger partial charge in [0.2, 0.25) is 5.91 Å². The highest BCUT2D eigenvalue weighted by atomic mass is 32.1. The van der Waals surface area contributed by atoms with Crippen molar-refractivity contribution in [3.8, 4) is 5.75 Å². The van der Waals surface area contributed by atoms with Crippen molar-refractivity contribution in [1.82, 2.24) is 15.3 Å². The molecule has 10 heteroatoms. The number of aromatic nitrogens is 2. The van der Waals surface area contributed by atoms with Crippen LogP contribution in [0, 0.1) is 0 Å². The minimum Gasteiger partial charge on any atom is -0.494 e. The lowest BCUT2D eigenvalue weighted by molar-refractivity contribution is -0.120. The predicted octanol–water partition coefficient (Wildman–Crippen LogP) is 3.28. The molecule has 28 heavy (non-hydrogen) atoms. The second-order valence-corrected chi connectivity index (χ2v) is 7.28. The summed E-state index contributed by atoms with van der Waals surface area (Å²) in [5.41, 5.74) is 1.75. The normalized spacial score (nSPS) is 10.4. The van der Waals surface area contributed by atoms with Gasteiger partial charge in [-0.3, -0.25) is 14.9 Å². The summed E-state index contributed by atoms with van der Waals surface area (Å²) in [7, 11) is 1.57. The summed E-state index contributed by atoms with van der Waals surface area (Å²) >= 11 is 2.59. The Hall–Kier alpha value is -2.98. The van der Waals surface area contributed by atoms with Crippen molar-refractivity contribution in [2.75, 3.05) is 24.3 Å². The summed E-state index contributed by atoms with van der Waals surface area (Å²) in [6.07, 6.45) is 0.176. The predicted molar refractivity (Wildman–Crippen MR) is 111 cm³/mol. The Morgan fingerprint density at radius 3 is 2.54 bits per heavy atom. The molecule has 1 aromatic carbocycles. The molecule has 8 nitrogen and oxygen atoms in total. The zero-order chi connectivity index (χ0) is 19.9. The SMILES string of the molecule is CCOc1ccc(Nc2nc(C(=O)Nc3nc(CC(=O)NC)cs3)cs2)cc1. The molecular weight excluding hydrogens is 398 g/mol. The summed E-state index contributed by atoms with van der Waals surface area (Å²) in [4.78, 5) is 32.3. The van der Waals surface area contributed by atoms with Gasteiger partial charge in [-0.25, -0.2) is 9.97 Å². The number of hydrogen-bond donors (Lipinski definition) is 3. The Morgan fingerprint density at radius 2 is 1.82 bits per heavy atom. The number of likely N-dealkylation sites (N-methyl/N-ethyl adjacent to an activating group) is 1. The Labute approximate surface area is 170 Å². The number of amides is 2. The molecule has 0 spiro atoms. The van der Waals surface area contributed by atoms with Gasteiger partial charge in [-0.2, -0.15) is 0 Å². The van der Waals surface area contributed by atoms with Crippen LogP contribution in [-0.2, 0) is 11.2 Å². The van der Waals surface area contributed by atoms with E-state index in [2.05, 4.69) is 25.9 Å². The van der Waals surface area contributed by atoms with E-state index in [0.717, 1.165) is 11.4 Å². The maximum Gasteiger partial charge on any atom is 0.276 e. The van der Waals surface area contributed by atoms with Gasteiger partial charge in [-0.1, -0.05) is 0 Å². The van der Waals surface area contributed by atoms with Crippen molar-refractivity contribution in [1.29, 1.82) is 0 Å². The monoisotopic (exact) mass is 417 g/mol. The van der Waals surface area contributed by atoms with Crippen LogP contribution >= 0.6 is 22.7 Å². The molecule has 0 bridgehead atoms. The van der Waals surface area contributed by atoms with Crippen LogP contribution in [0.3, 0.4) is 0 Å². The largest absolute Gasteiger partial charge is 0.494 e. The number of anilines is 3. The van der Waals surface area contributed by atoms with E-state index in [-0.39, 0.29) is 18.2 Å². The number of hydrogen-bond acceptors (Lipinski definition) is 8. The van der Waals surface area contributed by atoms with Crippen LogP contribution in [0.2, 0.25) is 0 Å². The molecule has 3 N–H and O–H groups in total.